The molecule has 8 heteroatoms. The van der Waals surface area contributed by atoms with E-state index in [0.29, 0.717) is 17.1 Å². The van der Waals surface area contributed by atoms with Gasteiger partial charge in [-0.2, -0.15) is 0 Å². The minimum Gasteiger partial charge on any atom is -0.323 e. The Morgan fingerprint density at radius 1 is 1.44 bits per heavy atom. The van der Waals surface area contributed by atoms with E-state index >= 15 is 0 Å². The molecule has 6 nitrogen and oxygen atoms in total. The summed E-state index contributed by atoms with van der Waals surface area (Å²) in [6.45, 7) is 1.65. The maximum atomic E-state index is 12.8. The van der Waals surface area contributed by atoms with Gasteiger partial charge in [0.05, 0.1) is 10.7 Å². The van der Waals surface area contributed by atoms with Gasteiger partial charge in [0.25, 0.3) is 5.91 Å². The van der Waals surface area contributed by atoms with Crippen LogP contribution >= 0.6 is 27.5 Å². The lowest BCUT2D eigenvalue weighted by Gasteiger charge is -2.36. The van der Waals surface area contributed by atoms with Crippen molar-refractivity contribution < 1.29 is 14.4 Å². The first kappa shape index (κ1) is 18.2. The summed E-state index contributed by atoms with van der Waals surface area (Å²) in [6.07, 6.45) is 3.45. The first-order valence-corrected chi connectivity index (χ1v) is 9.39. The molecular formula is C17H19BrClN3O3. The minimum atomic E-state index is -0.856. The molecule has 134 valence electrons. The number of hydrogen-bond acceptors (Lipinski definition) is 3. The second kappa shape index (κ2) is 6.96. The Hall–Kier alpha value is -1.60. The molecule has 2 fully saturated rings. The zero-order chi connectivity index (χ0) is 18.2. The molecule has 1 aromatic carbocycles. The SMILES string of the molecule is CC1CCCCC12NC(=O)N(CC(=O)Nc1ccc(Br)cc1Cl)C2=O. The number of imide groups is 1. The van der Waals surface area contributed by atoms with Crippen molar-refractivity contribution in [3.05, 3.63) is 27.7 Å². The van der Waals surface area contributed by atoms with E-state index in [4.69, 9.17) is 11.6 Å². The lowest BCUT2D eigenvalue weighted by atomic mass is 9.73. The van der Waals surface area contributed by atoms with Crippen LogP contribution in [0.15, 0.2) is 22.7 Å². The third-order valence-electron chi connectivity index (χ3n) is 5.01. The Labute approximate surface area is 159 Å². The number of nitrogens with zero attached hydrogens (tertiary/aromatic N) is 1. The third-order valence-corrected chi connectivity index (χ3v) is 5.81. The summed E-state index contributed by atoms with van der Waals surface area (Å²) in [4.78, 5) is 38.4. The summed E-state index contributed by atoms with van der Waals surface area (Å²) in [5.41, 5.74) is -0.423. The molecule has 2 N–H and O–H groups in total. The maximum Gasteiger partial charge on any atom is 0.325 e. The van der Waals surface area contributed by atoms with E-state index in [1.165, 1.54) is 0 Å². The van der Waals surface area contributed by atoms with E-state index in [1.54, 1.807) is 18.2 Å². The molecule has 0 bridgehead atoms. The van der Waals surface area contributed by atoms with Crippen LogP contribution < -0.4 is 10.6 Å². The Morgan fingerprint density at radius 2 is 2.20 bits per heavy atom. The van der Waals surface area contributed by atoms with Crippen LogP contribution in [0.5, 0.6) is 0 Å². The second-order valence-corrected chi connectivity index (χ2v) is 7.93. The summed E-state index contributed by atoms with van der Waals surface area (Å²) in [7, 11) is 0. The lowest BCUT2D eigenvalue weighted by Crippen LogP contribution is -2.54. The van der Waals surface area contributed by atoms with Crippen molar-refractivity contribution in [3.63, 3.8) is 0 Å². The summed E-state index contributed by atoms with van der Waals surface area (Å²) < 4.78 is 0.790. The average Bonchev–Trinajstić information content (AvgIpc) is 2.78. The topological polar surface area (TPSA) is 78.5 Å². The number of carbonyl (C=O) groups is 3. The number of nitrogens with one attached hydrogen (secondary N) is 2. The fourth-order valence-electron chi connectivity index (χ4n) is 3.56. The van der Waals surface area contributed by atoms with Crippen molar-refractivity contribution in [2.45, 2.75) is 38.1 Å². The molecule has 2 atom stereocenters. The number of benzene rings is 1. The van der Waals surface area contributed by atoms with Crippen LogP contribution in [0.3, 0.4) is 0 Å². The van der Waals surface area contributed by atoms with E-state index in [9.17, 15) is 14.4 Å². The van der Waals surface area contributed by atoms with Gasteiger partial charge in [0.2, 0.25) is 5.91 Å². The number of urea groups is 1. The molecule has 2 aliphatic rings. The molecule has 1 heterocycles. The maximum absolute atomic E-state index is 12.8. The van der Waals surface area contributed by atoms with Gasteiger partial charge >= 0.3 is 6.03 Å². The summed E-state index contributed by atoms with van der Waals surface area (Å²) in [6, 6.07) is 4.55. The molecular weight excluding hydrogens is 410 g/mol. The van der Waals surface area contributed by atoms with E-state index in [0.717, 1.165) is 28.6 Å². The van der Waals surface area contributed by atoms with Crippen molar-refractivity contribution in [2.24, 2.45) is 5.92 Å². The molecule has 1 aromatic rings. The largest absolute Gasteiger partial charge is 0.325 e. The summed E-state index contributed by atoms with van der Waals surface area (Å²) >= 11 is 9.37. The molecule has 1 aliphatic heterocycles. The molecule has 2 unspecified atom stereocenters. The lowest BCUT2D eigenvalue weighted by molar-refractivity contribution is -0.136. The van der Waals surface area contributed by atoms with E-state index < -0.39 is 17.5 Å². The first-order chi connectivity index (χ1) is 11.8. The highest BCUT2D eigenvalue weighted by atomic mass is 79.9. The molecule has 0 aromatic heterocycles. The van der Waals surface area contributed by atoms with Gasteiger partial charge < -0.3 is 10.6 Å². The van der Waals surface area contributed by atoms with Gasteiger partial charge in [-0.15, -0.1) is 0 Å². The van der Waals surface area contributed by atoms with Gasteiger partial charge in [0.1, 0.15) is 12.1 Å². The number of hydrogen-bond donors (Lipinski definition) is 2. The van der Waals surface area contributed by atoms with Crippen molar-refractivity contribution in [1.82, 2.24) is 10.2 Å². The normalized spacial score (nSPS) is 26.0. The van der Waals surface area contributed by atoms with Crippen LogP contribution in [-0.2, 0) is 9.59 Å². The van der Waals surface area contributed by atoms with E-state index in [2.05, 4.69) is 26.6 Å². The number of carbonyl (C=O) groups excluding carboxylic acids is 3. The van der Waals surface area contributed by atoms with Crippen LogP contribution in [0.4, 0.5) is 10.5 Å². The highest BCUT2D eigenvalue weighted by Gasteiger charge is 2.55. The third kappa shape index (κ3) is 3.40. The quantitative estimate of drug-likeness (QED) is 0.723. The van der Waals surface area contributed by atoms with Crippen LogP contribution in [0.1, 0.15) is 32.6 Å². The Kier molecular flexibility index (Phi) is 5.06. The van der Waals surface area contributed by atoms with Gasteiger partial charge in [-0.3, -0.25) is 14.5 Å². The van der Waals surface area contributed by atoms with Gasteiger partial charge in [-0.05, 0) is 37.0 Å². The fraction of sp³-hybridized carbons (Fsp3) is 0.471. The standard InChI is InChI=1S/C17H19BrClN3O3/c1-10-4-2-3-7-17(10)15(24)22(16(25)21-17)9-14(23)20-13-6-5-11(18)8-12(13)19/h5-6,8,10H,2-4,7,9H2,1H3,(H,20,23)(H,21,25). The molecule has 1 saturated carbocycles. The molecule has 0 radical (unpaired) electrons. The van der Waals surface area contributed by atoms with Gasteiger partial charge in [-0.1, -0.05) is 47.3 Å². The predicted molar refractivity (Wildman–Crippen MR) is 98.4 cm³/mol. The van der Waals surface area contributed by atoms with Crippen LogP contribution in [0.25, 0.3) is 0 Å². The monoisotopic (exact) mass is 427 g/mol. The molecule has 25 heavy (non-hydrogen) atoms. The molecule has 3 rings (SSSR count). The van der Waals surface area contributed by atoms with Crippen molar-refractivity contribution in [3.8, 4) is 0 Å². The number of anilines is 1. The zero-order valence-electron chi connectivity index (χ0n) is 13.8. The molecule has 1 spiro atoms. The van der Waals surface area contributed by atoms with E-state index in [1.807, 2.05) is 6.92 Å². The Balaban J connectivity index is 1.71. The van der Waals surface area contributed by atoms with Gasteiger partial charge in [-0.25, -0.2) is 4.79 Å². The number of halogens is 2. The Bertz CT molecular complexity index is 742. The highest BCUT2D eigenvalue weighted by Crippen LogP contribution is 2.38. The van der Waals surface area contributed by atoms with E-state index in [-0.39, 0.29) is 18.4 Å². The Morgan fingerprint density at radius 3 is 2.88 bits per heavy atom. The first-order valence-electron chi connectivity index (χ1n) is 8.22. The minimum absolute atomic E-state index is 0.0617. The van der Waals surface area contributed by atoms with Crippen LogP contribution in [0.2, 0.25) is 5.02 Å². The smallest absolute Gasteiger partial charge is 0.323 e. The predicted octanol–water partition coefficient (Wildman–Crippen LogP) is 3.54. The van der Waals surface area contributed by atoms with Gasteiger partial charge in [0, 0.05) is 4.47 Å². The molecule has 1 saturated heterocycles. The summed E-state index contributed by atoms with van der Waals surface area (Å²) in [5.74, 6) is -0.707. The average molecular weight is 429 g/mol. The zero-order valence-corrected chi connectivity index (χ0v) is 16.1. The molecule has 1 aliphatic carbocycles. The van der Waals surface area contributed by atoms with Crippen molar-refractivity contribution in [2.75, 3.05) is 11.9 Å². The fourth-order valence-corrected chi connectivity index (χ4v) is 4.28. The number of amides is 4. The van der Waals surface area contributed by atoms with Crippen LogP contribution in [0, 0.1) is 5.92 Å². The van der Waals surface area contributed by atoms with Crippen LogP contribution in [-0.4, -0.2) is 34.8 Å². The number of rotatable bonds is 3. The second-order valence-electron chi connectivity index (χ2n) is 6.61. The highest BCUT2D eigenvalue weighted by molar-refractivity contribution is 9.10. The summed E-state index contributed by atoms with van der Waals surface area (Å²) in [5, 5.41) is 5.85. The van der Waals surface area contributed by atoms with Gasteiger partial charge in [0.15, 0.2) is 0 Å². The molecule has 4 amide bonds. The van der Waals surface area contributed by atoms with Crippen molar-refractivity contribution in [1.29, 1.82) is 0 Å². The van der Waals surface area contributed by atoms with Crippen molar-refractivity contribution >= 4 is 51.1 Å².